The topological polar surface area (TPSA) is 146 Å². The number of nitrogens with one attached hydrogen (secondary N) is 1. The van der Waals surface area contributed by atoms with Gasteiger partial charge in [0.1, 0.15) is 18.5 Å². The number of amides is 2. The van der Waals surface area contributed by atoms with Crippen molar-refractivity contribution in [1.82, 2.24) is 34.8 Å². The Morgan fingerprint density at radius 3 is 2.41 bits per heavy atom. The van der Waals surface area contributed by atoms with Crippen molar-refractivity contribution in [2.75, 3.05) is 6.61 Å². The van der Waals surface area contributed by atoms with Crippen molar-refractivity contribution in [3.05, 3.63) is 83.2 Å². The minimum absolute atomic E-state index is 0.0548. The SMILES string of the molecule is NC1=N[C@H](c2ccc(-c3cnn(C(F)F)c3)cc2)C(=O)N1[C@H](COC(=O)NC1(C(F)(F)F)CC1)c1ccc(Cl)c(-n2ncnc2C(F)F)c1. The van der Waals surface area contributed by atoms with Gasteiger partial charge < -0.3 is 15.8 Å². The number of aromatic nitrogens is 5. The minimum Gasteiger partial charge on any atom is -0.447 e. The quantitative estimate of drug-likeness (QED) is 0.195. The van der Waals surface area contributed by atoms with Gasteiger partial charge >= 0.3 is 18.8 Å². The second-order valence-electron chi connectivity index (χ2n) is 11.1. The summed E-state index contributed by atoms with van der Waals surface area (Å²) in [6.45, 7) is -3.59. The normalized spacial score (nSPS) is 17.8. The summed E-state index contributed by atoms with van der Waals surface area (Å²) in [7, 11) is 0. The smallest absolute Gasteiger partial charge is 0.411 e. The molecular weight excluding hydrogens is 691 g/mol. The van der Waals surface area contributed by atoms with Crippen LogP contribution in [0.3, 0.4) is 0 Å². The Morgan fingerprint density at radius 2 is 1.80 bits per heavy atom. The van der Waals surface area contributed by atoms with Crippen LogP contribution in [0.2, 0.25) is 5.02 Å². The lowest BCUT2D eigenvalue weighted by atomic mass is 10.0. The van der Waals surface area contributed by atoms with E-state index in [0.717, 1.165) is 22.1 Å². The number of ether oxygens (including phenoxy) is 1. The largest absolute Gasteiger partial charge is 0.447 e. The van der Waals surface area contributed by atoms with Crippen LogP contribution >= 0.6 is 11.6 Å². The number of benzene rings is 2. The summed E-state index contributed by atoms with van der Waals surface area (Å²) in [5.74, 6) is -1.84. The molecule has 1 aliphatic carbocycles. The molecule has 0 spiro atoms. The van der Waals surface area contributed by atoms with E-state index < -0.39 is 61.2 Å². The zero-order chi connectivity index (χ0) is 35.2. The molecule has 20 heteroatoms. The molecule has 1 fully saturated rings. The summed E-state index contributed by atoms with van der Waals surface area (Å²) >= 11 is 6.31. The Bertz CT molecular complexity index is 1910. The summed E-state index contributed by atoms with van der Waals surface area (Å²) in [6.07, 6.45) is -6.64. The summed E-state index contributed by atoms with van der Waals surface area (Å²) in [4.78, 5) is 35.2. The maximum Gasteiger partial charge on any atom is 0.411 e. The Morgan fingerprint density at radius 1 is 1.08 bits per heavy atom. The molecule has 2 aliphatic rings. The van der Waals surface area contributed by atoms with E-state index in [1.807, 2.05) is 5.32 Å². The van der Waals surface area contributed by atoms with Crippen LogP contribution in [0, 0.1) is 0 Å². The molecule has 2 amide bonds. The monoisotopic (exact) mass is 713 g/mol. The van der Waals surface area contributed by atoms with Crippen LogP contribution in [-0.2, 0) is 9.53 Å². The van der Waals surface area contributed by atoms with Gasteiger partial charge in [-0.25, -0.2) is 32.9 Å². The number of carbonyl (C=O) groups excluding carboxylic acids is 2. The number of carbonyl (C=O) groups is 2. The summed E-state index contributed by atoms with van der Waals surface area (Å²) in [5, 5.41) is 9.17. The lowest BCUT2D eigenvalue weighted by molar-refractivity contribution is -0.164. The van der Waals surface area contributed by atoms with Gasteiger partial charge in [0.15, 0.2) is 17.8 Å². The van der Waals surface area contributed by atoms with Crippen LogP contribution < -0.4 is 11.1 Å². The van der Waals surface area contributed by atoms with E-state index in [4.69, 9.17) is 22.1 Å². The number of rotatable bonds is 10. The molecule has 6 rings (SSSR count). The summed E-state index contributed by atoms with van der Waals surface area (Å²) in [5.41, 5.74) is 4.99. The third kappa shape index (κ3) is 6.49. The van der Waals surface area contributed by atoms with Gasteiger partial charge in [-0.15, -0.1) is 0 Å². The van der Waals surface area contributed by atoms with E-state index in [0.29, 0.717) is 21.4 Å². The molecule has 0 unspecified atom stereocenters. The first kappa shape index (κ1) is 33.7. The molecule has 2 aromatic carbocycles. The van der Waals surface area contributed by atoms with E-state index in [1.165, 1.54) is 36.5 Å². The van der Waals surface area contributed by atoms with Crippen LogP contribution in [0.15, 0.2) is 66.2 Å². The Kier molecular flexibility index (Phi) is 8.72. The van der Waals surface area contributed by atoms with Gasteiger partial charge in [0.25, 0.3) is 12.3 Å². The van der Waals surface area contributed by atoms with Crippen molar-refractivity contribution < 1.29 is 45.1 Å². The van der Waals surface area contributed by atoms with Crippen LogP contribution in [0.5, 0.6) is 0 Å². The number of nitrogens with two attached hydrogens (primary N) is 1. The highest BCUT2D eigenvalue weighted by molar-refractivity contribution is 6.32. The molecule has 0 bridgehead atoms. The van der Waals surface area contributed by atoms with E-state index in [2.05, 4.69) is 20.2 Å². The molecule has 0 saturated heterocycles. The van der Waals surface area contributed by atoms with Crippen molar-refractivity contribution in [1.29, 1.82) is 0 Å². The lowest BCUT2D eigenvalue weighted by Gasteiger charge is -2.29. The maximum absolute atomic E-state index is 13.9. The molecule has 4 aromatic rings. The molecular formula is C29H23ClF7N9O3. The third-order valence-corrected chi connectivity index (χ3v) is 8.33. The van der Waals surface area contributed by atoms with Gasteiger partial charge in [0.05, 0.1) is 22.9 Å². The highest BCUT2D eigenvalue weighted by atomic mass is 35.5. The zero-order valence-corrected chi connectivity index (χ0v) is 25.4. The number of alkyl carbamates (subject to hydrolysis) is 1. The number of aliphatic imine (C=N–C) groups is 1. The van der Waals surface area contributed by atoms with Gasteiger partial charge in [0.2, 0.25) is 0 Å². The zero-order valence-electron chi connectivity index (χ0n) is 24.7. The molecule has 12 nitrogen and oxygen atoms in total. The standard InChI is InChI=1S/C29H23ClF7N9O3/c30-18-6-5-16(9-19(18)46-23(22(31)32)39-13-41-46)20(12-49-27(48)43-28(7-8-28)29(35,36)37)45-24(47)21(42-26(45)38)15-3-1-14(2-4-15)17-10-40-44(11-17)25(33)34/h1-6,9-11,13,20-22,25H,7-8,12H2,(H2,38,42)(H,43,48)/t20-,21-/m1/s1. The number of hydrogen-bond acceptors (Lipinski definition) is 8. The minimum atomic E-state index is -4.73. The Balaban J connectivity index is 1.30. The highest BCUT2D eigenvalue weighted by Crippen LogP contribution is 2.49. The van der Waals surface area contributed by atoms with Gasteiger partial charge in [-0.3, -0.25) is 9.69 Å². The summed E-state index contributed by atoms with van der Waals surface area (Å²) in [6, 6.07) is 7.47. The fourth-order valence-electron chi connectivity index (χ4n) is 5.27. The van der Waals surface area contributed by atoms with Crippen LogP contribution in [0.1, 0.15) is 54.9 Å². The van der Waals surface area contributed by atoms with Crippen LogP contribution in [-0.4, -0.2) is 65.7 Å². The molecule has 1 aliphatic heterocycles. The maximum atomic E-state index is 13.9. The van der Waals surface area contributed by atoms with E-state index in [-0.39, 0.29) is 35.1 Å². The summed E-state index contributed by atoms with van der Waals surface area (Å²) < 4.78 is 100. The molecule has 2 atom stereocenters. The number of hydrogen-bond donors (Lipinski definition) is 2. The van der Waals surface area contributed by atoms with Gasteiger partial charge in [-0.1, -0.05) is 41.9 Å². The number of guanidine groups is 1. The second-order valence-corrected chi connectivity index (χ2v) is 11.5. The van der Waals surface area contributed by atoms with E-state index in [1.54, 1.807) is 12.1 Å². The molecule has 258 valence electrons. The highest BCUT2D eigenvalue weighted by Gasteiger charge is 2.64. The molecule has 3 N–H and O–H groups in total. The first-order valence-corrected chi connectivity index (χ1v) is 14.7. The van der Waals surface area contributed by atoms with Gasteiger partial charge in [-0.2, -0.15) is 32.1 Å². The number of nitrogens with zero attached hydrogens (tertiary/aromatic N) is 7. The van der Waals surface area contributed by atoms with Crippen molar-refractivity contribution in [3.8, 4) is 16.8 Å². The van der Waals surface area contributed by atoms with Crippen molar-refractivity contribution >= 4 is 29.6 Å². The van der Waals surface area contributed by atoms with Gasteiger partial charge in [-0.05, 0) is 41.7 Å². The average molecular weight is 714 g/mol. The van der Waals surface area contributed by atoms with Gasteiger partial charge in [0, 0.05) is 11.8 Å². The fourth-order valence-corrected chi connectivity index (χ4v) is 5.47. The van der Waals surface area contributed by atoms with E-state index >= 15 is 0 Å². The Labute approximate surface area is 276 Å². The fraction of sp³-hybridized carbons (Fsp3) is 0.310. The lowest BCUT2D eigenvalue weighted by Crippen LogP contribution is -2.49. The second kappa shape index (κ2) is 12.7. The van der Waals surface area contributed by atoms with Crippen molar-refractivity contribution in [3.63, 3.8) is 0 Å². The first-order chi connectivity index (χ1) is 23.2. The third-order valence-electron chi connectivity index (χ3n) is 8.01. The molecule has 49 heavy (non-hydrogen) atoms. The average Bonchev–Trinajstić information content (AvgIpc) is 3.37. The number of alkyl halides is 7. The molecule has 3 heterocycles. The Hall–Kier alpha value is -5.20. The predicted molar refractivity (Wildman–Crippen MR) is 157 cm³/mol. The van der Waals surface area contributed by atoms with Crippen molar-refractivity contribution in [2.45, 2.75) is 49.6 Å². The molecule has 1 saturated carbocycles. The first-order valence-electron chi connectivity index (χ1n) is 14.3. The van der Waals surface area contributed by atoms with Crippen LogP contribution in [0.25, 0.3) is 16.8 Å². The molecule has 0 radical (unpaired) electrons. The number of halogens is 8. The van der Waals surface area contributed by atoms with Crippen LogP contribution in [0.4, 0.5) is 35.5 Å². The predicted octanol–water partition coefficient (Wildman–Crippen LogP) is 5.88. The van der Waals surface area contributed by atoms with E-state index in [9.17, 15) is 40.3 Å². The molecule has 2 aromatic heterocycles. The van der Waals surface area contributed by atoms with Crippen molar-refractivity contribution in [2.24, 2.45) is 10.7 Å².